The Balaban J connectivity index is 1.85. The maximum atomic E-state index is 10.3. The zero-order valence-corrected chi connectivity index (χ0v) is 13.3. The minimum atomic E-state index is -0.848. The number of rotatable bonds is 4. The van der Waals surface area contributed by atoms with Crippen LogP contribution in [0.4, 0.5) is 0 Å². The molecule has 5 heteroatoms. The van der Waals surface area contributed by atoms with Crippen LogP contribution >= 0.6 is 0 Å². The predicted octanol–water partition coefficient (Wildman–Crippen LogP) is 1.13. The number of benzene rings is 1. The number of likely N-dealkylation sites (tertiary alicyclic amines) is 1. The van der Waals surface area contributed by atoms with E-state index in [-0.39, 0.29) is 30.9 Å². The molecule has 2 heterocycles. The lowest BCUT2D eigenvalue weighted by molar-refractivity contribution is -0.175. The Labute approximate surface area is 131 Å². The van der Waals surface area contributed by atoms with Crippen LogP contribution in [0.1, 0.15) is 26.3 Å². The van der Waals surface area contributed by atoms with Crippen molar-refractivity contribution in [3.63, 3.8) is 0 Å². The number of fused-ring (bicyclic) bond motifs is 1. The molecule has 2 saturated heterocycles. The molecule has 0 radical (unpaired) electrons. The van der Waals surface area contributed by atoms with Gasteiger partial charge in [-0.3, -0.25) is 4.90 Å². The molecule has 0 saturated carbocycles. The van der Waals surface area contributed by atoms with E-state index < -0.39 is 11.9 Å². The molecule has 5 atom stereocenters. The van der Waals surface area contributed by atoms with E-state index in [1.807, 2.05) is 32.0 Å². The van der Waals surface area contributed by atoms with Gasteiger partial charge in [-0.2, -0.15) is 0 Å². The zero-order valence-electron chi connectivity index (χ0n) is 13.3. The summed E-state index contributed by atoms with van der Waals surface area (Å²) >= 11 is 0. The highest BCUT2D eigenvalue weighted by atomic mass is 16.8. The molecule has 0 bridgehead atoms. The van der Waals surface area contributed by atoms with E-state index in [4.69, 9.17) is 9.47 Å². The lowest BCUT2D eigenvalue weighted by Gasteiger charge is -2.34. The van der Waals surface area contributed by atoms with Gasteiger partial charge in [-0.05, 0) is 26.3 Å². The number of aliphatic hydroxyl groups is 2. The van der Waals surface area contributed by atoms with Crippen LogP contribution < -0.4 is 0 Å². The molecule has 122 valence electrons. The molecule has 2 fully saturated rings. The monoisotopic (exact) mass is 307 g/mol. The van der Waals surface area contributed by atoms with Crippen molar-refractivity contribution in [3.05, 3.63) is 35.9 Å². The normalized spacial score (nSPS) is 35.5. The molecule has 3 rings (SSSR count). The van der Waals surface area contributed by atoms with Gasteiger partial charge >= 0.3 is 0 Å². The van der Waals surface area contributed by atoms with Crippen LogP contribution in [0.15, 0.2) is 30.3 Å². The quantitative estimate of drug-likeness (QED) is 0.873. The molecule has 0 aliphatic carbocycles. The van der Waals surface area contributed by atoms with Crippen LogP contribution in [0, 0.1) is 0 Å². The number of hydrogen-bond donors (Lipinski definition) is 2. The first kappa shape index (κ1) is 15.9. The van der Waals surface area contributed by atoms with Gasteiger partial charge in [0, 0.05) is 12.6 Å². The van der Waals surface area contributed by atoms with Gasteiger partial charge in [0.25, 0.3) is 0 Å². The molecule has 2 aliphatic rings. The summed E-state index contributed by atoms with van der Waals surface area (Å²) in [4.78, 5) is 2.18. The Morgan fingerprint density at radius 3 is 2.45 bits per heavy atom. The van der Waals surface area contributed by atoms with Crippen molar-refractivity contribution >= 4 is 0 Å². The molecule has 22 heavy (non-hydrogen) atoms. The van der Waals surface area contributed by atoms with Crippen LogP contribution in [-0.2, 0) is 16.0 Å². The van der Waals surface area contributed by atoms with Gasteiger partial charge < -0.3 is 19.7 Å². The summed E-state index contributed by atoms with van der Waals surface area (Å²) in [6.07, 6.45) is -1.17. The summed E-state index contributed by atoms with van der Waals surface area (Å²) in [7, 11) is 0. The van der Waals surface area contributed by atoms with Crippen molar-refractivity contribution in [2.45, 2.75) is 63.5 Å². The molecule has 2 N–H and O–H groups in total. The van der Waals surface area contributed by atoms with E-state index >= 15 is 0 Å². The highest BCUT2D eigenvalue weighted by Gasteiger charge is 2.57. The first-order valence-corrected chi connectivity index (χ1v) is 7.87. The van der Waals surface area contributed by atoms with Gasteiger partial charge in [0.1, 0.15) is 12.2 Å². The number of hydrogen-bond acceptors (Lipinski definition) is 5. The van der Waals surface area contributed by atoms with Gasteiger partial charge in [0.2, 0.25) is 0 Å². The van der Waals surface area contributed by atoms with Crippen molar-refractivity contribution in [3.8, 4) is 0 Å². The topological polar surface area (TPSA) is 62.2 Å². The van der Waals surface area contributed by atoms with Gasteiger partial charge in [-0.25, -0.2) is 0 Å². The molecular weight excluding hydrogens is 282 g/mol. The Bertz CT molecular complexity index is 507. The summed E-state index contributed by atoms with van der Waals surface area (Å²) in [5.41, 5.74) is 1.17. The molecule has 0 spiro atoms. The van der Waals surface area contributed by atoms with E-state index in [1.165, 1.54) is 5.56 Å². The second-order valence-corrected chi connectivity index (χ2v) is 6.70. The Hall–Kier alpha value is -0.980. The van der Waals surface area contributed by atoms with Crippen LogP contribution in [0.2, 0.25) is 0 Å². The molecule has 0 aromatic heterocycles. The van der Waals surface area contributed by atoms with Crippen LogP contribution in [-0.4, -0.2) is 57.9 Å². The second kappa shape index (κ2) is 5.91. The fourth-order valence-electron chi connectivity index (χ4n) is 3.69. The summed E-state index contributed by atoms with van der Waals surface area (Å²) in [6, 6.07) is 9.96. The average Bonchev–Trinajstić information content (AvgIpc) is 2.92. The van der Waals surface area contributed by atoms with Crippen molar-refractivity contribution in [2.75, 3.05) is 6.61 Å². The lowest BCUT2D eigenvalue weighted by atomic mass is 10.0. The SMILES string of the molecule is C[C@@H]1[C@H]2OC(C)(C)O[C@H]2[C@H](C(O)CO)N1Cc1ccccc1. The van der Waals surface area contributed by atoms with Crippen molar-refractivity contribution in [2.24, 2.45) is 0 Å². The van der Waals surface area contributed by atoms with Gasteiger partial charge in [0.15, 0.2) is 5.79 Å². The number of ether oxygens (including phenoxy) is 2. The van der Waals surface area contributed by atoms with Crippen molar-refractivity contribution < 1.29 is 19.7 Å². The van der Waals surface area contributed by atoms with Gasteiger partial charge in [-0.1, -0.05) is 30.3 Å². The zero-order chi connectivity index (χ0) is 15.9. The van der Waals surface area contributed by atoms with E-state index in [2.05, 4.69) is 24.0 Å². The smallest absolute Gasteiger partial charge is 0.163 e. The van der Waals surface area contributed by atoms with Crippen molar-refractivity contribution in [1.29, 1.82) is 0 Å². The van der Waals surface area contributed by atoms with Gasteiger partial charge in [0.05, 0.1) is 18.8 Å². The highest BCUT2D eigenvalue weighted by Crippen LogP contribution is 2.41. The molecule has 1 aromatic carbocycles. The molecule has 2 aliphatic heterocycles. The number of aliphatic hydroxyl groups excluding tert-OH is 2. The standard InChI is InChI=1S/C17H25NO4/c1-11-15-16(22-17(2,3)21-15)14(13(20)10-19)18(11)9-12-7-5-4-6-8-12/h4-8,11,13-16,19-20H,9-10H2,1-3H3/t11-,13?,14+,15-,16+/m1/s1. The fourth-order valence-corrected chi connectivity index (χ4v) is 3.69. The number of nitrogens with zero attached hydrogens (tertiary/aromatic N) is 1. The van der Waals surface area contributed by atoms with E-state index in [0.717, 1.165) is 0 Å². The van der Waals surface area contributed by atoms with E-state index in [1.54, 1.807) is 0 Å². The average molecular weight is 307 g/mol. The summed E-state index contributed by atoms with van der Waals surface area (Å²) < 4.78 is 12.0. The van der Waals surface area contributed by atoms with E-state index in [9.17, 15) is 10.2 Å². The Morgan fingerprint density at radius 2 is 1.82 bits per heavy atom. The minimum Gasteiger partial charge on any atom is -0.394 e. The maximum Gasteiger partial charge on any atom is 0.163 e. The van der Waals surface area contributed by atoms with Crippen LogP contribution in [0.25, 0.3) is 0 Å². The molecule has 1 aromatic rings. The Kier molecular flexibility index (Phi) is 4.27. The van der Waals surface area contributed by atoms with Gasteiger partial charge in [-0.15, -0.1) is 0 Å². The first-order chi connectivity index (χ1) is 10.4. The summed E-state index contributed by atoms with van der Waals surface area (Å²) in [6.45, 7) is 6.29. The minimum absolute atomic E-state index is 0.0927. The van der Waals surface area contributed by atoms with Crippen LogP contribution in [0.5, 0.6) is 0 Å². The maximum absolute atomic E-state index is 10.3. The fraction of sp³-hybridized carbons (Fsp3) is 0.647. The van der Waals surface area contributed by atoms with Crippen LogP contribution in [0.3, 0.4) is 0 Å². The third kappa shape index (κ3) is 2.79. The predicted molar refractivity (Wildman–Crippen MR) is 82.2 cm³/mol. The largest absolute Gasteiger partial charge is 0.394 e. The highest BCUT2D eigenvalue weighted by molar-refractivity contribution is 5.17. The Morgan fingerprint density at radius 1 is 1.18 bits per heavy atom. The summed E-state index contributed by atoms with van der Waals surface area (Å²) in [5.74, 6) is -0.643. The third-order valence-corrected chi connectivity index (χ3v) is 4.67. The molecule has 0 amide bonds. The third-order valence-electron chi connectivity index (χ3n) is 4.67. The first-order valence-electron chi connectivity index (χ1n) is 7.87. The van der Waals surface area contributed by atoms with E-state index in [0.29, 0.717) is 6.54 Å². The molecular formula is C17H25NO4. The lowest BCUT2D eigenvalue weighted by Crippen LogP contribution is -2.49. The van der Waals surface area contributed by atoms with Crippen molar-refractivity contribution in [1.82, 2.24) is 4.90 Å². The second-order valence-electron chi connectivity index (χ2n) is 6.70. The summed E-state index contributed by atoms with van der Waals surface area (Å²) in [5, 5.41) is 19.8. The molecule has 5 nitrogen and oxygen atoms in total. The molecule has 1 unspecified atom stereocenters.